The van der Waals surface area contributed by atoms with Gasteiger partial charge >= 0.3 is 0 Å². The van der Waals surface area contributed by atoms with Gasteiger partial charge in [0.05, 0.1) is 6.04 Å². The Balaban J connectivity index is 1.87. The summed E-state index contributed by atoms with van der Waals surface area (Å²) < 4.78 is 5.97. The van der Waals surface area contributed by atoms with Gasteiger partial charge in [0.25, 0.3) is 0 Å². The Labute approximate surface area is 124 Å². The van der Waals surface area contributed by atoms with Crippen LogP contribution < -0.4 is 5.32 Å². The Morgan fingerprint density at radius 3 is 2.57 bits per heavy atom. The minimum atomic E-state index is 0.131. The maximum absolute atomic E-state index is 9.37. The maximum Gasteiger partial charge on any atom is 0.134 e. The highest BCUT2D eigenvalue weighted by Crippen LogP contribution is 2.26. The molecule has 0 fully saturated rings. The van der Waals surface area contributed by atoms with Gasteiger partial charge in [-0.2, -0.15) is 0 Å². The fourth-order valence-electron chi connectivity index (χ4n) is 2.56. The Morgan fingerprint density at radius 1 is 1.10 bits per heavy atom. The highest BCUT2D eigenvalue weighted by molar-refractivity contribution is 5.77. The second-order valence-electron chi connectivity index (χ2n) is 5.17. The average Bonchev–Trinajstić information content (AvgIpc) is 2.93. The molecule has 0 aliphatic rings. The third kappa shape index (κ3) is 3.09. The summed E-state index contributed by atoms with van der Waals surface area (Å²) in [5, 5.41) is 14.0. The lowest BCUT2D eigenvalue weighted by Crippen LogP contribution is -2.22. The number of phenolic OH excluding ortho intramolecular Hbond substituents is 1. The molecule has 1 heterocycles. The topological polar surface area (TPSA) is 45.4 Å². The van der Waals surface area contributed by atoms with Crippen molar-refractivity contribution < 1.29 is 9.52 Å². The third-order valence-corrected chi connectivity index (χ3v) is 3.61. The Bertz CT molecular complexity index is 682. The van der Waals surface area contributed by atoms with E-state index in [1.165, 1.54) is 5.56 Å². The molecule has 108 valence electrons. The number of likely N-dealkylation sites (N-methyl/N-ethyl adjacent to an activating group) is 1. The quantitative estimate of drug-likeness (QED) is 0.742. The second kappa shape index (κ2) is 6.02. The van der Waals surface area contributed by atoms with Crippen LogP contribution in [0.2, 0.25) is 0 Å². The van der Waals surface area contributed by atoms with Crippen molar-refractivity contribution in [2.45, 2.75) is 19.4 Å². The number of nitrogens with one attached hydrogen (secondary N) is 1. The molecule has 2 aromatic carbocycles. The lowest BCUT2D eigenvalue weighted by molar-refractivity contribution is 0.434. The summed E-state index contributed by atoms with van der Waals surface area (Å²) in [5.74, 6) is 1.24. The average molecular weight is 281 g/mol. The molecule has 1 atom stereocenters. The van der Waals surface area contributed by atoms with E-state index >= 15 is 0 Å². The van der Waals surface area contributed by atoms with E-state index in [1.54, 1.807) is 12.1 Å². The van der Waals surface area contributed by atoms with Gasteiger partial charge in [0, 0.05) is 5.39 Å². The van der Waals surface area contributed by atoms with Crippen LogP contribution in [-0.4, -0.2) is 11.7 Å². The molecule has 0 saturated heterocycles. The second-order valence-corrected chi connectivity index (χ2v) is 5.17. The van der Waals surface area contributed by atoms with Gasteiger partial charge in [0.15, 0.2) is 0 Å². The van der Waals surface area contributed by atoms with Crippen LogP contribution in [0.5, 0.6) is 5.75 Å². The molecule has 1 aromatic heterocycles. The van der Waals surface area contributed by atoms with Crippen LogP contribution in [0.1, 0.15) is 24.3 Å². The van der Waals surface area contributed by atoms with Gasteiger partial charge < -0.3 is 14.8 Å². The zero-order valence-corrected chi connectivity index (χ0v) is 12.0. The SMILES string of the molecule is CCNC(Cc1ccc(O)cc1)c1cc2ccccc2o1. The lowest BCUT2D eigenvalue weighted by atomic mass is 10.0. The molecule has 0 aliphatic carbocycles. The first-order valence-corrected chi connectivity index (χ1v) is 7.26. The minimum absolute atomic E-state index is 0.131. The number of phenols is 1. The number of benzene rings is 2. The maximum atomic E-state index is 9.37. The molecule has 2 N–H and O–H groups in total. The summed E-state index contributed by atoms with van der Waals surface area (Å²) in [4.78, 5) is 0. The number of aromatic hydroxyl groups is 1. The Morgan fingerprint density at radius 2 is 1.86 bits per heavy atom. The summed E-state index contributed by atoms with van der Waals surface area (Å²) in [7, 11) is 0. The highest BCUT2D eigenvalue weighted by Gasteiger charge is 2.16. The summed E-state index contributed by atoms with van der Waals surface area (Å²) in [6.45, 7) is 2.96. The number of hydrogen-bond acceptors (Lipinski definition) is 3. The molecule has 0 spiro atoms. The predicted molar refractivity (Wildman–Crippen MR) is 84.4 cm³/mol. The van der Waals surface area contributed by atoms with Crippen molar-refractivity contribution in [1.29, 1.82) is 0 Å². The fraction of sp³-hybridized carbons (Fsp3) is 0.222. The monoisotopic (exact) mass is 281 g/mol. The zero-order chi connectivity index (χ0) is 14.7. The van der Waals surface area contributed by atoms with E-state index in [0.29, 0.717) is 5.75 Å². The van der Waals surface area contributed by atoms with Gasteiger partial charge in [0.1, 0.15) is 17.1 Å². The van der Waals surface area contributed by atoms with E-state index in [1.807, 2.05) is 30.3 Å². The molecule has 0 bridgehead atoms. The van der Waals surface area contributed by atoms with Gasteiger partial charge in [-0.3, -0.25) is 0 Å². The van der Waals surface area contributed by atoms with Crippen LogP contribution >= 0.6 is 0 Å². The van der Waals surface area contributed by atoms with Crippen LogP contribution in [0.25, 0.3) is 11.0 Å². The molecule has 3 nitrogen and oxygen atoms in total. The van der Waals surface area contributed by atoms with E-state index in [4.69, 9.17) is 4.42 Å². The summed E-state index contributed by atoms with van der Waals surface area (Å²) in [6, 6.07) is 17.6. The Kier molecular flexibility index (Phi) is 3.93. The summed E-state index contributed by atoms with van der Waals surface area (Å²) >= 11 is 0. The molecular weight excluding hydrogens is 262 g/mol. The molecule has 0 amide bonds. The molecule has 3 rings (SSSR count). The fourth-order valence-corrected chi connectivity index (χ4v) is 2.56. The molecule has 3 heteroatoms. The molecule has 0 radical (unpaired) electrons. The van der Waals surface area contributed by atoms with E-state index in [0.717, 1.165) is 29.7 Å². The lowest BCUT2D eigenvalue weighted by Gasteiger charge is -2.15. The molecule has 0 saturated carbocycles. The normalized spacial score (nSPS) is 12.6. The van der Waals surface area contributed by atoms with Crippen LogP contribution in [-0.2, 0) is 6.42 Å². The molecule has 21 heavy (non-hydrogen) atoms. The van der Waals surface area contributed by atoms with Gasteiger partial charge in [0.2, 0.25) is 0 Å². The van der Waals surface area contributed by atoms with Crippen molar-refractivity contribution in [1.82, 2.24) is 5.32 Å². The summed E-state index contributed by atoms with van der Waals surface area (Å²) in [5.41, 5.74) is 2.08. The number of rotatable bonds is 5. The molecule has 3 aromatic rings. The van der Waals surface area contributed by atoms with Gasteiger partial charge in [-0.1, -0.05) is 37.3 Å². The minimum Gasteiger partial charge on any atom is -0.508 e. The van der Waals surface area contributed by atoms with E-state index < -0.39 is 0 Å². The van der Waals surface area contributed by atoms with Crippen molar-refractivity contribution >= 4 is 11.0 Å². The number of hydrogen-bond donors (Lipinski definition) is 2. The standard InChI is InChI=1S/C18H19NO2/c1-2-19-16(11-13-7-9-15(20)10-8-13)18-12-14-5-3-4-6-17(14)21-18/h3-10,12,16,19-20H,2,11H2,1H3. The van der Waals surface area contributed by atoms with Gasteiger partial charge in [-0.25, -0.2) is 0 Å². The van der Waals surface area contributed by atoms with Crippen LogP contribution in [0.15, 0.2) is 59.0 Å². The number of fused-ring (bicyclic) bond motifs is 1. The third-order valence-electron chi connectivity index (χ3n) is 3.61. The number of furan rings is 1. The van der Waals surface area contributed by atoms with E-state index in [9.17, 15) is 5.11 Å². The van der Waals surface area contributed by atoms with Crippen LogP contribution in [0.3, 0.4) is 0 Å². The largest absolute Gasteiger partial charge is 0.508 e. The molecule has 0 aliphatic heterocycles. The first-order chi connectivity index (χ1) is 10.3. The van der Waals surface area contributed by atoms with Crippen molar-refractivity contribution in [3.8, 4) is 5.75 Å². The van der Waals surface area contributed by atoms with Crippen molar-refractivity contribution in [3.05, 3.63) is 65.9 Å². The first kappa shape index (κ1) is 13.7. The number of para-hydroxylation sites is 1. The van der Waals surface area contributed by atoms with Gasteiger partial charge in [-0.05, 0) is 42.8 Å². The van der Waals surface area contributed by atoms with Crippen molar-refractivity contribution in [3.63, 3.8) is 0 Å². The predicted octanol–water partition coefficient (Wildman–Crippen LogP) is 4.03. The summed E-state index contributed by atoms with van der Waals surface area (Å²) in [6.07, 6.45) is 0.827. The van der Waals surface area contributed by atoms with Crippen LogP contribution in [0.4, 0.5) is 0 Å². The first-order valence-electron chi connectivity index (χ1n) is 7.26. The van der Waals surface area contributed by atoms with Crippen molar-refractivity contribution in [2.24, 2.45) is 0 Å². The van der Waals surface area contributed by atoms with Gasteiger partial charge in [-0.15, -0.1) is 0 Å². The van der Waals surface area contributed by atoms with E-state index in [-0.39, 0.29) is 6.04 Å². The Hall–Kier alpha value is -2.26. The van der Waals surface area contributed by atoms with Crippen LogP contribution in [0, 0.1) is 0 Å². The zero-order valence-electron chi connectivity index (χ0n) is 12.0. The smallest absolute Gasteiger partial charge is 0.134 e. The highest BCUT2D eigenvalue weighted by atomic mass is 16.3. The molecular formula is C18H19NO2. The van der Waals surface area contributed by atoms with Crippen molar-refractivity contribution in [2.75, 3.05) is 6.54 Å². The van der Waals surface area contributed by atoms with E-state index in [2.05, 4.69) is 24.4 Å². The molecule has 1 unspecified atom stereocenters.